The second-order valence-electron chi connectivity index (χ2n) is 4.00. The van der Waals surface area contributed by atoms with Crippen molar-refractivity contribution in [3.63, 3.8) is 0 Å². The number of aromatic nitrogens is 3. The van der Waals surface area contributed by atoms with Gasteiger partial charge in [-0.3, -0.25) is 0 Å². The summed E-state index contributed by atoms with van der Waals surface area (Å²) in [6, 6.07) is 11.7. The Bertz CT molecular complexity index is 776. The Morgan fingerprint density at radius 3 is 2.55 bits per heavy atom. The molecule has 0 amide bonds. The van der Waals surface area contributed by atoms with Crippen molar-refractivity contribution in [3.8, 4) is 11.8 Å². The van der Waals surface area contributed by atoms with Crippen LogP contribution in [0.2, 0.25) is 5.28 Å². The average molecular weight is 352 g/mol. The van der Waals surface area contributed by atoms with Crippen LogP contribution < -0.4 is 10.5 Å². The number of nitrogen functional groups attached to an aromatic ring is 1. The summed E-state index contributed by atoms with van der Waals surface area (Å²) in [6.07, 6.45) is 0. The summed E-state index contributed by atoms with van der Waals surface area (Å²) in [7, 11) is 0. The third-order valence-corrected chi connectivity index (χ3v) is 3.25. The maximum absolute atomic E-state index is 5.70. The molecule has 0 saturated carbocycles. The molecule has 0 aliphatic rings. The Kier molecular flexibility index (Phi) is 3.42. The number of nitrogens with zero attached hydrogens (tertiary/aromatic N) is 3. The molecule has 0 aliphatic carbocycles. The summed E-state index contributed by atoms with van der Waals surface area (Å²) in [5, 5.41) is 2.14. The molecule has 0 fully saturated rings. The minimum Gasteiger partial charge on any atom is -0.424 e. The Morgan fingerprint density at radius 2 is 1.75 bits per heavy atom. The molecule has 1 aromatic heterocycles. The third-order valence-electron chi connectivity index (χ3n) is 2.59. The first-order valence-electron chi connectivity index (χ1n) is 5.64. The summed E-state index contributed by atoms with van der Waals surface area (Å²) in [4.78, 5) is 11.4. The van der Waals surface area contributed by atoms with E-state index in [1.54, 1.807) is 0 Å². The standard InChI is InChI=1S/C13H8BrClN4O/c14-9-3-1-8-6-10(4-2-7(8)5-9)20-13-18-11(15)17-12(16)19-13/h1-6H,(H2,16,17,18,19). The van der Waals surface area contributed by atoms with Crippen LogP contribution in [0.5, 0.6) is 11.8 Å². The van der Waals surface area contributed by atoms with Crippen molar-refractivity contribution < 1.29 is 4.74 Å². The van der Waals surface area contributed by atoms with Crippen LogP contribution in [0, 0.1) is 0 Å². The van der Waals surface area contributed by atoms with Gasteiger partial charge in [-0.2, -0.15) is 15.0 Å². The molecule has 0 aliphatic heterocycles. The Labute approximate surface area is 127 Å². The van der Waals surface area contributed by atoms with Gasteiger partial charge in [-0.1, -0.05) is 28.1 Å². The van der Waals surface area contributed by atoms with Crippen LogP contribution in [-0.4, -0.2) is 15.0 Å². The van der Waals surface area contributed by atoms with Crippen LogP contribution in [0.25, 0.3) is 10.8 Å². The predicted octanol–water partition coefficient (Wildman–Crippen LogP) is 3.82. The summed E-state index contributed by atoms with van der Waals surface area (Å²) >= 11 is 9.14. The molecular formula is C13H8BrClN4O. The monoisotopic (exact) mass is 350 g/mol. The van der Waals surface area contributed by atoms with Crippen molar-refractivity contribution in [1.82, 2.24) is 15.0 Å². The van der Waals surface area contributed by atoms with E-state index in [9.17, 15) is 0 Å². The highest BCUT2D eigenvalue weighted by molar-refractivity contribution is 9.10. The summed E-state index contributed by atoms with van der Waals surface area (Å²) < 4.78 is 6.56. The summed E-state index contributed by atoms with van der Waals surface area (Å²) in [5.41, 5.74) is 5.49. The van der Waals surface area contributed by atoms with E-state index < -0.39 is 0 Å². The van der Waals surface area contributed by atoms with Gasteiger partial charge in [-0.25, -0.2) is 0 Å². The lowest BCUT2D eigenvalue weighted by atomic mass is 10.1. The van der Waals surface area contributed by atoms with Gasteiger partial charge in [0, 0.05) is 4.47 Å². The first-order chi connectivity index (χ1) is 9.60. The van der Waals surface area contributed by atoms with Gasteiger partial charge in [-0.05, 0) is 46.6 Å². The van der Waals surface area contributed by atoms with E-state index in [0.717, 1.165) is 15.2 Å². The van der Waals surface area contributed by atoms with Crippen molar-refractivity contribution >= 4 is 44.3 Å². The second kappa shape index (κ2) is 5.22. The van der Waals surface area contributed by atoms with Crippen LogP contribution in [0.4, 0.5) is 5.95 Å². The quantitative estimate of drug-likeness (QED) is 0.760. The molecule has 0 atom stereocenters. The van der Waals surface area contributed by atoms with Crippen LogP contribution >= 0.6 is 27.5 Å². The molecule has 20 heavy (non-hydrogen) atoms. The van der Waals surface area contributed by atoms with Gasteiger partial charge < -0.3 is 10.5 Å². The number of nitrogens with two attached hydrogens (primary N) is 1. The third kappa shape index (κ3) is 2.81. The van der Waals surface area contributed by atoms with E-state index >= 15 is 0 Å². The molecule has 0 radical (unpaired) electrons. The number of fused-ring (bicyclic) bond motifs is 1. The van der Waals surface area contributed by atoms with E-state index in [0.29, 0.717) is 5.75 Å². The lowest BCUT2D eigenvalue weighted by molar-refractivity contribution is 0.441. The number of ether oxygens (including phenoxy) is 1. The number of halogens is 2. The fraction of sp³-hybridized carbons (Fsp3) is 0. The zero-order chi connectivity index (χ0) is 14.1. The molecule has 7 heteroatoms. The fourth-order valence-electron chi connectivity index (χ4n) is 1.76. The highest BCUT2D eigenvalue weighted by Crippen LogP contribution is 2.26. The maximum atomic E-state index is 5.70. The van der Waals surface area contributed by atoms with Gasteiger partial charge in [-0.15, -0.1) is 0 Å². The molecular weight excluding hydrogens is 344 g/mol. The Balaban J connectivity index is 1.96. The fourth-order valence-corrected chi connectivity index (χ4v) is 2.29. The smallest absolute Gasteiger partial charge is 0.328 e. The normalized spacial score (nSPS) is 10.7. The number of hydrogen-bond acceptors (Lipinski definition) is 5. The van der Waals surface area contributed by atoms with E-state index in [4.69, 9.17) is 22.1 Å². The Hall–Kier alpha value is -1.92. The van der Waals surface area contributed by atoms with Gasteiger partial charge in [0.05, 0.1) is 0 Å². The van der Waals surface area contributed by atoms with Crippen molar-refractivity contribution in [2.45, 2.75) is 0 Å². The van der Waals surface area contributed by atoms with Crippen LogP contribution in [-0.2, 0) is 0 Å². The minimum absolute atomic E-state index is 0.00257. The molecule has 2 N–H and O–H groups in total. The zero-order valence-electron chi connectivity index (χ0n) is 10.0. The lowest BCUT2D eigenvalue weighted by Gasteiger charge is -2.06. The van der Waals surface area contributed by atoms with Crippen LogP contribution in [0.3, 0.4) is 0 Å². The van der Waals surface area contributed by atoms with Gasteiger partial charge in [0.25, 0.3) is 0 Å². The number of rotatable bonds is 2. The molecule has 3 aromatic rings. The number of anilines is 1. The van der Waals surface area contributed by atoms with Crippen LogP contribution in [0.1, 0.15) is 0 Å². The van der Waals surface area contributed by atoms with E-state index in [-0.39, 0.29) is 17.2 Å². The van der Waals surface area contributed by atoms with Crippen LogP contribution in [0.15, 0.2) is 40.9 Å². The minimum atomic E-state index is -0.00257. The second-order valence-corrected chi connectivity index (χ2v) is 5.25. The van der Waals surface area contributed by atoms with Gasteiger partial charge >= 0.3 is 6.01 Å². The molecule has 2 aromatic carbocycles. The van der Waals surface area contributed by atoms with Gasteiger partial charge in [0.15, 0.2) is 0 Å². The van der Waals surface area contributed by atoms with Crippen molar-refractivity contribution in [2.24, 2.45) is 0 Å². The molecule has 0 unspecified atom stereocenters. The van der Waals surface area contributed by atoms with Gasteiger partial charge in [0.1, 0.15) is 5.75 Å². The molecule has 100 valence electrons. The molecule has 5 nitrogen and oxygen atoms in total. The van der Waals surface area contributed by atoms with Crippen molar-refractivity contribution in [3.05, 3.63) is 46.2 Å². The topological polar surface area (TPSA) is 73.9 Å². The molecule has 3 rings (SSSR count). The lowest BCUT2D eigenvalue weighted by Crippen LogP contribution is -2.00. The zero-order valence-corrected chi connectivity index (χ0v) is 12.4. The maximum Gasteiger partial charge on any atom is 0.328 e. The highest BCUT2D eigenvalue weighted by atomic mass is 79.9. The predicted molar refractivity (Wildman–Crippen MR) is 81.0 cm³/mol. The highest BCUT2D eigenvalue weighted by Gasteiger charge is 2.06. The molecule has 1 heterocycles. The SMILES string of the molecule is Nc1nc(Cl)nc(Oc2ccc3cc(Br)ccc3c2)n1. The van der Waals surface area contributed by atoms with Crippen molar-refractivity contribution in [2.75, 3.05) is 5.73 Å². The first kappa shape index (κ1) is 13.1. The Morgan fingerprint density at radius 1 is 1.00 bits per heavy atom. The molecule has 0 spiro atoms. The number of hydrogen-bond donors (Lipinski definition) is 1. The summed E-state index contributed by atoms with van der Waals surface area (Å²) in [5.74, 6) is 0.617. The van der Waals surface area contributed by atoms with Crippen molar-refractivity contribution in [1.29, 1.82) is 0 Å². The van der Waals surface area contributed by atoms with E-state index in [1.165, 1.54) is 0 Å². The molecule has 0 saturated heterocycles. The largest absolute Gasteiger partial charge is 0.424 e. The first-order valence-corrected chi connectivity index (χ1v) is 6.81. The molecule has 0 bridgehead atoms. The van der Waals surface area contributed by atoms with Gasteiger partial charge in [0.2, 0.25) is 11.2 Å². The summed E-state index contributed by atoms with van der Waals surface area (Å²) in [6.45, 7) is 0. The van der Waals surface area contributed by atoms with E-state index in [1.807, 2.05) is 36.4 Å². The van der Waals surface area contributed by atoms with E-state index in [2.05, 4.69) is 30.9 Å². The number of benzene rings is 2. The average Bonchev–Trinajstić information content (AvgIpc) is 2.38.